The second-order valence-corrected chi connectivity index (χ2v) is 7.71. The van der Waals surface area contributed by atoms with E-state index in [0.29, 0.717) is 19.1 Å². The number of carbonyl (C=O) groups is 1. The fourth-order valence-corrected chi connectivity index (χ4v) is 4.26. The van der Waals surface area contributed by atoms with Crippen molar-refractivity contribution >= 4 is 5.91 Å². The molecule has 2 aliphatic rings. The molecule has 3 heterocycles. The van der Waals surface area contributed by atoms with Crippen molar-refractivity contribution < 1.29 is 14.3 Å². The van der Waals surface area contributed by atoms with Crippen LogP contribution in [0.4, 0.5) is 0 Å². The van der Waals surface area contributed by atoms with Crippen LogP contribution in [0, 0.1) is 26.7 Å². The summed E-state index contributed by atoms with van der Waals surface area (Å²) in [6.45, 7) is 9.07. The van der Waals surface area contributed by atoms with Gasteiger partial charge in [-0.05, 0) is 57.9 Å². The van der Waals surface area contributed by atoms with Gasteiger partial charge >= 0.3 is 0 Å². The zero-order valence-electron chi connectivity index (χ0n) is 16.4. The predicted molar refractivity (Wildman–Crippen MR) is 104 cm³/mol. The Hall–Kier alpha value is -2.11. The molecule has 1 aromatic heterocycles. The average molecular weight is 368 g/mol. The largest absolute Gasteiger partial charge is 0.350 e. The van der Waals surface area contributed by atoms with Crippen molar-refractivity contribution in [1.82, 2.24) is 9.47 Å². The Morgan fingerprint density at radius 3 is 2.22 bits per heavy atom. The summed E-state index contributed by atoms with van der Waals surface area (Å²) in [5, 5.41) is 0. The van der Waals surface area contributed by atoms with E-state index in [1.807, 2.05) is 17.9 Å². The van der Waals surface area contributed by atoms with Crippen LogP contribution in [-0.4, -0.2) is 48.0 Å². The number of amides is 1. The fourth-order valence-electron chi connectivity index (χ4n) is 4.26. The van der Waals surface area contributed by atoms with E-state index in [9.17, 15) is 4.79 Å². The van der Waals surface area contributed by atoms with Crippen molar-refractivity contribution in [3.05, 3.63) is 52.8 Å². The van der Waals surface area contributed by atoms with Crippen molar-refractivity contribution in [3.63, 3.8) is 0 Å². The van der Waals surface area contributed by atoms with Crippen LogP contribution in [0.3, 0.4) is 0 Å². The third-order valence-electron chi connectivity index (χ3n) is 5.75. The summed E-state index contributed by atoms with van der Waals surface area (Å²) >= 11 is 0. The number of aryl methyl sites for hydroxylation is 3. The van der Waals surface area contributed by atoms with Gasteiger partial charge in [-0.3, -0.25) is 4.79 Å². The Bertz CT molecular complexity index is 809. The van der Waals surface area contributed by atoms with Gasteiger partial charge in [-0.1, -0.05) is 11.6 Å². The lowest BCUT2D eigenvalue weighted by atomic mass is 9.95. The lowest BCUT2D eigenvalue weighted by Crippen LogP contribution is -2.41. The predicted octanol–water partition coefficient (Wildman–Crippen LogP) is 3.63. The molecule has 2 aliphatic heterocycles. The molecule has 4 rings (SSSR count). The topological polar surface area (TPSA) is 43.7 Å². The quantitative estimate of drug-likeness (QED) is 0.831. The van der Waals surface area contributed by atoms with E-state index in [0.717, 1.165) is 54.1 Å². The van der Waals surface area contributed by atoms with Gasteiger partial charge in [0.2, 0.25) is 0 Å². The molecule has 0 N–H and O–H groups in total. The Balaban J connectivity index is 1.56. The number of piperidine rings is 1. The molecular formula is C22H28N2O3. The van der Waals surface area contributed by atoms with Crippen LogP contribution < -0.4 is 0 Å². The van der Waals surface area contributed by atoms with Gasteiger partial charge in [-0.2, -0.15) is 0 Å². The highest BCUT2D eigenvalue weighted by atomic mass is 16.7. The van der Waals surface area contributed by atoms with Gasteiger partial charge in [0.1, 0.15) is 0 Å². The number of hydrogen-bond acceptors (Lipinski definition) is 3. The first kappa shape index (κ1) is 18.3. The second kappa shape index (κ2) is 7.49. The summed E-state index contributed by atoms with van der Waals surface area (Å²) in [5.41, 5.74) is 5.13. The highest BCUT2D eigenvalue weighted by Crippen LogP contribution is 2.28. The molecule has 0 saturated carbocycles. The number of nitrogens with zero attached hydrogens (tertiary/aromatic N) is 2. The molecule has 1 aromatic carbocycles. The molecule has 0 atom stereocenters. The van der Waals surface area contributed by atoms with Crippen molar-refractivity contribution in [3.8, 4) is 5.69 Å². The fraction of sp³-hybridized carbons (Fsp3) is 0.500. The molecule has 1 amide bonds. The molecular weight excluding hydrogens is 340 g/mol. The van der Waals surface area contributed by atoms with Gasteiger partial charge in [0, 0.05) is 30.4 Å². The molecule has 0 spiro atoms. The van der Waals surface area contributed by atoms with Crippen molar-refractivity contribution in [2.75, 3.05) is 26.3 Å². The van der Waals surface area contributed by atoms with Crippen LogP contribution >= 0.6 is 0 Å². The van der Waals surface area contributed by atoms with E-state index in [-0.39, 0.29) is 12.2 Å². The Morgan fingerprint density at radius 2 is 1.59 bits per heavy atom. The lowest BCUT2D eigenvalue weighted by molar-refractivity contribution is -0.0956. The van der Waals surface area contributed by atoms with E-state index >= 15 is 0 Å². The number of carbonyl (C=O) groups excluding carboxylic acids is 1. The van der Waals surface area contributed by atoms with E-state index in [4.69, 9.17) is 9.47 Å². The maximum absolute atomic E-state index is 13.4. The van der Waals surface area contributed by atoms with E-state index in [2.05, 4.69) is 42.7 Å². The number of aromatic nitrogens is 1. The molecule has 5 heteroatoms. The summed E-state index contributed by atoms with van der Waals surface area (Å²) in [5.74, 6) is 0.510. The van der Waals surface area contributed by atoms with E-state index in [1.165, 1.54) is 0 Å². The van der Waals surface area contributed by atoms with Crippen LogP contribution in [0.5, 0.6) is 0 Å². The minimum absolute atomic E-state index is 0.0815. The SMILES string of the molecule is Cc1ccc(-n2c(C)ccc2C)c(C(=O)N2CCC(C3OCCO3)CC2)c1. The number of ether oxygens (including phenoxy) is 2. The van der Waals surface area contributed by atoms with Crippen LogP contribution in [0.2, 0.25) is 0 Å². The average Bonchev–Trinajstić information content (AvgIpc) is 3.32. The number of benzene rings is 1. The standard InChI is InChI=1S/C22H28N2O3/c1-15-4-7-20(24-16(2)5-6-17(24)3)19(14-15)21(25)23-10-8-18(9-11-23)22-26-12-13-27-22/h4-7,14,18,22H,8-13H2,1-3H3. The molecule has 27 heavy (non-hydrogen) atoms. The molecule has 144 valence electrons. The molecule has 0 radical (unpaired) electrons. The maximum Gasteiger partial charge on any atom is 0.255 e. The van der Waals surface area contributed by atoms with Crippen LogP contribution in [-0.2, 0) is 9.47 Å². The molecule has 2 fully saturated rings. The smallest absolute Gasteiger partial charge is 0.255 e. The highest BCUT2D eigenvalue weighted by Gasteiger charge is 2.32. The molecule has 2 saturated heterocycles. The maximum atomic E-state index is 13.4. The summed E-state index contributed by atoms with van der Waals surface area (Å²) in [4.78, 5) is 15.4. The summed E-state index contributed by atoms with van der Waals surface area (Å²) in [7, 11) is 0. The van der Waals surface area contributed by atoms with Gasteiger partial charge in [0.25, 0.3) is 5.91 Å². The van der Waals surface area contributed by atoms with Gasteiger partial charge in [-0.25, -0.2) is 0 Å². The highest BCUT2D eigenvalue weighted by molar-refractivity contribution is 5.98. The van der Waals surface area contributed by atoms with Crippen molar-refractivity contribution in [1.29, 1.82) is 0 Å². The molecule has 5 nitrogen and oxygen atoms in total. The first-order valence-electron chi connectivity index (χ1n) is 9.83. The van der Waals surface area contributed by atoms with Crippen molar-refractivity contribution in [2.45, 2.75) is 39.9 Å². The zero-order chi connectivity index (χ0) is 19.0. The normalized spacial score (nSPS) is 19.0. The minimum Gasteiger partial charge on any atom is -0.350 e. The third-order valence-corrected chi connectivity index (χ3v) is 5.75. The summed E-state index contributed by atoms with van der Waals surface area (Å²) in [6.07, 6.45) is 1.78. The Morgan fingerprint density at radius 1 is 0.963 bits per heavy atom. The number of hydrogen-bond donors (Lipinski definition) is 0. The Labute approximate surface area is 160 Å². The Kier molecular flexibility index (Phi) is 5.06. The van der Waals surface area contributed by atoms with Gasteiger partial charge in [0.15, 0.2) is 6.29 Å². The first-order valence-corrected chi connectivity index (χ1v) is 9.83. The summed E-state index contributed by atoms with van der Waals surface area (Å²) in [6, 6.07) is 10.3. The molecule has 0 unspecified atom stereocenters. The first-order chi connectivity index (χ1) is 13.0. The van der Waals surface area contributed by atoms with Crippen LogP contribution in [0.1, 0.15) is 40.2 Å². The second-order valence-electron chi connectivity index (χ2n) is 7.71. The molecule has 0 aliphatic carbocycles. The van der Waals surface area contributed by atoms with Gasteiger partial charge < -0.3 is 18.9 Å². The molecule has 2 aromatic rings. The van der Waals surface area contributed by atoms with Crippen LogP contribution in [0.25, 0.3) is 5.69 Å². The zero-order valence-corrected chi connectivity index (χ0v) is 16.4. The lowest BCUT2D eigenvalue weighted by Gasteiger charge is -2.34. The van der Waals surface area contributed by atoms with E-state index in [1.54, 1.807) is 0 Å². The van der Waals surface area contributed by atoms with E-state index < -0.39 is 0 Å². The summed E-state index contributed by atoms with van der Waals surface area (Å²) < 4.78 is 13.5. The number of rotatable bonds is 3. The van der Waals surface area contributed by atoms with Crippen molar-refractivity contribution in [2.24, 2.45) is 5.92 Å². The number of likely N-dealkylation sites (tertiary alicyclic amines) is 1. The monoisotopic (exact) mass is 368 g/mol. The third kappa shape index (κ3) is 3.54. The van der Waals surface area contributed by atoms with Gasteiger partial charge in [0.05, 0.1) is 24.5 Å². The minimum atomic E-state index is -0.0815. The molecule has 0 bridgehead atoms. The van der Waals surface area contributed by atoms with Crippen LogP contribution in [0.15, 0.2) is 30.3 Å². The van der Waals surface area contributed by atoms with Gasteiger partial charge in [-0.15, -0.1) is 0 Å².